The summed E-state index contributed by atoms with van der Waals surface area (Å²) in [6.45, 7) is 0.681. The SMILES string of the molecule is CN1C(=O)C[C@H](NC(=O)Cc2ccc3c(c2)CCO3)[C@@H]1c1ccc(F)cc1. The maximum absolute atomic E-state index is 13.2. The molecule has 2 atom stereocenters. The molecule has 1 fully saturated rings. The Bertz CT molecular complexity index is 881. The predicted molar refractivity (Wildman–Crippen MR) is 97.8 cm³/mol. The molecule has 27 heavy (non-hydrogen) atoms. The van der Waals surface area contributed by atoms with Gasteiger partial charge < -0.3 is 15.0 Å². The topological polar surface area (TPSA) is 58.6 Å². The van der Waals surface area contributed by atoms with Gasteiger partial charge in [0.05, 0.1) is 25.1 Å². The lowest BCUT2D eigenvalue weighted by Gasteiger charge is -2.26. The van der Waals surface area contributed by atoms with Crippen molar-refractivity contribution >= 4 is 11.8 Å². The number of likely N-dealkylation sites (tertiary alicyclic amines) is 1. The second-order valence-electron chi connectivity index (χ2n) is 7.10. The molecule has 0 spiro atoms. The molecule has 1 saturated heterocycles. The second-order valence-corrected chi connectivity index (χ2v) is 7.10. The number of carbonyl (C=O) groups is 2. The van der Waals surface area contributed by atoms with Crippen molar-refractivity contribution in [2.75, 3.05) is 13.7 Å². The molecule has 0 radical (unpaired) electrons. The third kappa shape index (κ3) is 3.52. The van der Waals surface area contributed by atoms with Crippen molar-refractivity contribution in [3.8, 4) is 5.75 Å². The standard InChI is InChI=1S/C21H21FN2O3/c1-24-20(26)12-17(21(24)14-3-5-16(22)6-4-14)23-19(25)11-13-2-7-18-15(10-13)8-9-27-18/h2-7,10,17,21H,8-9,11-12H2,1H3,(H,23,25)/t17-,21-/m0/s1. The largest absolute Gasteiger partial charge is 0.493 e. The van der Waals surface area contributed by atoms with Crippen LogP contribution in [0.3, 0.4) is 0 Å². The van der Waals surface area contributed by atoms with E-state index in [9.17, 15) is 14.0 Å². The van der Waals surface area contributed by atoms with Crippen molar-refractivity contribution in [2.24, 2.45) is 0 Å². The van der Waals surface area contributed by atoms with Crippen LogP contribution < -0.4 is 10.1 Å². The summed E-state index contributed by atoms with van der Waals surface area (Å²) < 4.78 is 18.7. The highest BCUT2D eigenvalue weighted by atomic mass is 19.1. The highest BCUT2D eigenvalue weighted by Gasteiger charge is 2.39. The zero-order valence-electron chi connectivity index (χ0n) is 15.1. The average molecular weight is 368 g/mol. The van der Waals surface area contributed by atoms with Gasteiger partial charge in [0, 0.05) is 19.9 Å². The average Bonchev–Trinajstić information content (AvgIpc) is 3.20. The first kappa shape index (κ1) is 17.5. The van der Waals surface area contributed by atoms with Crippen LogP contribution in [0.4, 0.5) is 4.39 Å². The molecule has 0 aliphatic carbocycles. The summed E-state index contributed by atoms with van der Waals surface area (Å²) >= 11 is 0. The number of carbonyl (C=O) groups excluding carboxylic acids is 2. The van der Waals surface area contributed by atoms with Crippen LogP contribution in [0.5, 0.6) is 5.75 Å². The zero-order chi connectivity index (χ0) is 19.0. The molecule has 0 unspecified atom stereocenters. The van der Waals surface area contributed by atoms with Gasteiger partial charge in [0.15, 0.2) is 0 Å². The van der Waals surface area contributed by atoms with Gasteiger partial charge in [0.2, 0.25) is 11.8 Å². The number of nitrogens with one attached hydrogen (secondary N) is 1. The Balaban J connectivity index is 1.47. The molecule has 140 valence electrons. The molecule has 0 bridgehead atoms. The Morgan fingerprint density at radius 3 is 2.81 bits per heavy atom. The van der Waals surface area contributed by atoms with Gasteiger partial charge in [-0.2, -0.15) is 0 Å². The van der Waals surface area contributed by atoms with E-state index in [1.807, 2.05) is 18.2 Å². The van der Waals surface area contributed by atoms with E-state index in [1.165, 1.54) is 12.1 Å². The fraction of sp³-hybridized carbons (Fsp3) is 0.333. The Morgan fingerprint density at radius 1 is 1.26 bits per heavy atom. The Morgan fingerprint density at radius 2 is 2.04 bits per heavy atom. The summed E-state index contributed by atoms with van der Waals surface area (Å²) in [5, 5.41) is 2.99. The lowest BCUT2D eigenvalue weighted by Crippen LogP contribution is -2.39. The molecule has 2 heterocycles. The van der Waals surface area contributed by atoms with Gasteiger partial charge in [-0.05, 0) is 34.9 Å². The summed E-state index contributed by atoms with van der Waals surface area (Å²) in [4.78, 5) is 26.4. The molecular formula is C21H21FN2O3. The van der Waals surface area contributed by atoms with Crippen LogP contribution in [0.2, 0.25) is 0 Å². The number of hydrogen-bond acceptors (Lipinski definition) is 3. The van der Waals surface area contributed by atoms with E-state index in [-0.39, 0.29) is 42.6 Å². The molecule has 2 amide bonds. The molecule has 5 nitrogen and oxygen atoms in total. The minimum absolute atomic E-state index is 0.0377. The van der Waals surface area contributed by atoms with Crippen LogP contribution in [-0.4, -0.2) is 36.4 Å². The molecule has 2 aliphatic heterocycles. The van der Waals surface area contributed by atoms with E-state index in [4.69, 9.17) is 4.74 Å². The molecule has 2 aliphatic rings. The maximum Gasteiger partial charge on any atom is 0.225 e. The van der Waals surface area contributed by atoms with Crippen molar-refractivity contribution < 1.29 is 18.7 Å². The van der Waals surface area contributed by atoms with Crippen molar-refractivity contribution in [1.82, 2.24) is 10.2 Å². The lowest BCUT2D eigenvalue weighted by atomic mass is 9.99. The molecule has 2 aromatic rings. The minimum atomic E-state index is -0.335. The van der Waals surface area contributed by atoms with Crippen molar-refractivity contribution in [2.45, 2.75) is 31.3 Å². The fourth-order valence-corrected chi connectivity index (χ4v) is 3.91. The van der Waals surface area contributed by atoms with Crippen LogP contribution in [0, 0.1) is 5.82 Å². The van der Waals surface area contributed by atoms with Crippen molar-refractivity contribution in [1.29, 1.82) is 0 Å². The summed E-state index contributed by atoms with van der Waals surface area (Å²) in [6, 6.07) is 11.2. The number of nitrogens with zero attached hydrogens (tertiary/aromatic N) is 1. The number of hydrogen-bond donors (Lipinski definition) is 1. The molecule has 1 N–H and O–H groups in total. The third-order valence-corrected chi connectivity index (χ3v) is 5.26. The van der Waals surface area contributed by atoms with Gasteiger partial charge in [-0.3, -0.25) is 9.59 Å². The minimum Gasteiger partial charge on any atom is -0.493 e. The van der Waals surface area contributed by atoms with Gasteiger partial charge >= 0.3 is 0 Å². The van der Waals surface area contributed by atoms with Crippen molar-refractivity contribution in [3.05, 3.63) is 65.0 Å². The number of likely N-dealkylation sites (N-methyl/N-ethyl adjacent to an activating group) is 1. The number of fused-ring (bicyclic) bond motifs is 1. The van der Waals surface area contributed by atoms with Crippen LogP contribution >= 0.6 is 0 Å². The first-order chi connectivity index (χ1) is 13.0. The number of benzene rings is 2. The first-order valence-corrected chi connectivity index (χ1v) is 9.06. The van der Waals surface area contributed by atoms with E-state index >= 15 is 0 Å². The Labute approximate surface area is 157 Å². The van der Waals surface area contributed by atoms with Gasteiger partial charge in [0.1, 0.15) is 11.6 Å². The Hall–Kier alpha value is -2.89. The quantitative estimate of drug-likeness (QED) is 0.902. The number of rotatable bonds is 4. The van der Waals surface area contributed by atoms with Gasteiger partial charge in [-0.25, -0.2) is 4.39 Å². The van der Waals surface area contributed by atoms with E-state index in [0.29, 0.717) is 6.61 Å². The molecule has 4 rings (SSSR count). The number of ether oxygens (including phenoxy) is 1. The number of amides is 2. The summed E-state index contributed by atoms with van der Waals surface area (Å²) in [7, 11) is 1.71. The summed E-state index contributed by atoms with van der Waals surface area (Å²) in [6.07, 6.45) is 1.35. The van der Waals surface area contributed by atoms with Crippen LogP contribution in [0.1, 0.15) is 29.2 Å². The molecule has 6 heteroatoms. The molecule has 2 aromatic carbocycles. The van der Waals surface area contributed by atoms with Crippen LogP contribution in [-0.2, 0) is 22.4 Å². The van der Waals surface area contributed by atoms with E-state index < -0.39 is 0 Å². The monoisotopic (exact) mass is 368 g/mol. The smallest absolute Gasteiger partial charge is 0.225 e. The molecular weight excluding hydrogens is 347 g/mol. The zero-order valence-corrected chi connectivity index (χ0v) is 15.1. The van der Waals surface area contributed by atoms with E-state index in [0.717, 1.165) is 28.9 Å². The van der Waals surface area contributed by atoms with Crippen molar-refractivity contribution in [3.63, 3.8) is 0 Å². The van der Waals surface area contributed by atoms with Crippen LogP contribution in [0.25, 0.3) is 0 Å². The second kappa shape index (κ2) is 7.02. The summed E-state index contributed by atoms with van der Waals surface area (Å²) in [5.74, 6) is 0.392. The van der Waals surface area contributed by atoms with E-state index in [2.05, 4.69) is 5.32 Å². The van der Waals surface area contributed by atoms with E-state index in [1.54, 1.807) is 24.1 Å². The normalized spacial score (nSPS) is 21.1. The Kier molecular flexibility index (Phi) is 4.56. The third-order valence-electron chi connectivity index (χ3n) is 5.26. The van der Waals surface area contributed by atoms with Gasteiger partial charge in [-0.1, -0.05) is 24.3 Å². The fourth-order valence-electron chi connectivity index (χ4n) is 3.91. The summed E-state index contributed by atoms with van der Waals surface area (Å²) in [5.41, 5.74) is 2.86. The first-order valence-electron chi connectivity index (χ1n) is 9.06. The predicted octanol–water partition coefficient (Wildman–Crippen LogP) is 2.39. The number of halogens is 1. The van der Waals surface area contributed by atoms with Crippen LogP contribution in [0.15, 0.2) is 42.5 Å². The maximum atomic E-state index is 13.2. The lowest BCUT2D eigenvalue weighted by molar-refractivity contribution is -0.127. The molecule has 0 saturated carbocycles. The highest BCUT2D eigenvalue weighted by Crippen LogP contribution is 2.32. The van der Waals surface area contributed by atoms with Gasteiger partial charge in [-0.15, -0.1) is 0 Å². The van der Waals surface area contributed by atoms with Gasteiger partial charge in [0.25, 0.3) is 0 Å². The molecule has 0 aromatic heterocycles. The highest BCUT2D eigenvalue weighted by molar-refractivity contribution is 5.84.